The average molecular weight is 795 g/mol. The number of rotatable bonds is 12. The third kappa shape index (κ3) is 7.25. The summed E-state index contributed by atoms with van der Waals surface area (Å²) >= 11 is 0. The first-order valence-corrected chi connectivity index (χ1v) is 21.4. The molecule has 1 aliphatic rings. The van der Waals surface area contributed by atoms with Crippen molar-refractivity contribution < 1.29 is 14.3 Å². The average Bonchev–Trinajstić information content (AvgIpc) is 3.61. The summed E-state index contributed by atoms with van der Waals surface area (Å²) in [4.78, 5) is 13.6. The van der Waals surface area contributed by atoms with Crippen molar-refractivity contribution in [2.45, 2.75) is 58.0 Å². The number of benzene rings is 8. The highest BCUT2D eigenvalue weighted by Crippen LogP contribution is 2.57. The molecule has 1 aliphatic carbocycles. The van der Waals surface area contributed by atoms with Crippen LogP contribution in [0.2, 0.25) is 0 Å². The molecule has 61 heavy (non-hydrogen) atoms. The zero-order chi connectivity index (χ0) is 42.1. The van der Waals surface area contributed by atoms with Crippen LogP contribution < -0.4 is 9.47 Å². The summed E-state index contributed by atoms with van der Waals surface area (Å²) < 4.78 is 13.2. The maximum atomic E-state index is 13.6. The standard InChI is InChI=1S/C58H50O3/c1-6-57(4,5)44-29-25-42(26-30-44)56(59)43-27-33-47(34-28-43)61-55-36-32-46(38-51(55)41-19-11-8-12-20-41)58(52-23-15-13-21-48(52)49-22-14-16-24-53(49)58)45-31-35-54(60-39(2)3)50(37-45)40-17-9-7-10-18-40/h7-39H,6H2,1-5H3. The van der Waals surface area contributed by atoms with E-state index in [2.05, 4.69) is 186 Å². The Kier molecular flexibility index (Phi) is 10.5. The lowest BCUT2D eigenvalue weighted by Crippen LogP contribution is -2.29. The summed E-state index contributed by atoms with van der Waals surface area (Å²) in [6.45, 7) is 10.8. The fraction of sp³-hybridized carbons (Fsp3) is 0.155. The van der Waals surface area contributed by atoms with Gasteiger partial charge < -0.3 is 9.47 Å². The highest BCUT2D eigenvalue weighted by Gasteiger charge is 2.46. The van der Waals surface area contributed by atoms with E-state index in [1.54, 1.807) is 0 Å². The van der Waals surface area contributed by atoms with Crippen molar-refractivity contribution in [2.75, 3.05) is 0 Å². The molecule has 0 fully saturated rings. The molecule has 0 heterocycles. The number of ether oxygens (including phenoxy) is 2. The van der Waals surface area contributed by atoms with Crippen LogP contribution >= 0.6 is 0 Å². The zero-order valence-corrected chi connectivity index (χ0v) is 35.5. The van der Waals surface area contributed by atoms with Gasteiger partial charge in [-0.2, -0.15) is 0 Å². The van der Waals surface area contributed by atoms with Crippen LogP contribution in [-0.2, 0) is 10.8 Å². The van der Waals surface area contributed by atoms with E-state index < -0.39 is 5.41 Å². The minimum absolute atomic E-state index is 0.0108. The molecule has 0 amide bonds. The Hall–Kier alpha value is -6.97. The van der Waals surface area contributed by atoms with Gasteiger partial charge in [-0.25, -0.2) is 0 Å². The van der Waals surface area contributed by atoms with Crippen LogP contribution in [0.25, 0.3) is 33.4 Å². The smallest absolute Gasteiger partial charge is 0.193 e. The molecule has 0 spiro atoms. The van der Waals surface area contributed by atoms with Crippen molar-refractivity contribution >= 4 is 5.78 Å². The highest BCUT2D eigenvalue weighted by molar-refractivity contribution is 6.09. The Labute approximate surface area is 360 Å². The van der Waals surface area contributed by atoms with Gasteiger partial charge in [0.15, 0.2) is 5.78 Å². The van der Waals surface area contributed by atoms with Crippen LogP contribution in [0, 0.1) is 0 Å². The lowest BCUT2D eigenvalue weighted by molar-refractivity contribution is 0.103. The molecule has 8 aromatic rings. The topological polar surface area (TPSA) is 35.5 Å². The molecular formula is C58H50O3. The van der Waals surface area contributed by atoms with Crippen molar-refractivity contribution in [3.63, 3.8) is 0 Å². The first-order valence-electron chi connectivity index (χ1n) is 21.4. The van der Waals surface area contributed by atoms with Gasteiger partial charge in [0, 0.05) is 22.3 Å². The fourth-order valence-electron chi connectivity index (χ4n) is 8.93. The number of carbonyl (C=O) groups is 1. The Morgan fingerprint density at radius 2 is 0.984 bits per heavy atom. The number of ketones is 1. The van der Waals surface area contributed by atoms with E-state index in [-0.39, 0.29) is 17.3 Å². The van der Waals surface area contributed by atoms with E-state index in [9.17, 15) is 4.79 Å². The van der Waals surface area contributed by atoms with Crippen LogP contribution in [0.5, 0.6) is 17.2 Å². The second-order valence-electron chi connectivity index (χ2n) is 16.9. The van der Waals surface area contributed by atoms with E-state index in [4.69, 9.17) is 9.47 Å². The third-order valence-electron chi connectivity index (χ3n) is 12.5. The first-order chi connectivity index (χ1) is 29.7. The molecule has 0 unspecified atom stereocenters. The number of carbonyl (C=O) groups excluding carboxylic acids is 1. The van der Waals surface area contributed by atoms with Crippen molar-refractivity contribution in [1.29, 1.82) is 0 Å². The second-order valence-corrected chi connectivity index (χ2v) is 16.9. The van der Waals surface area contributed by atoms with Gasteiger partial charge in [0.2, 0.25) is 0 Å². The summed E-state index contributed by atoms with van der Waals surface area (Å²) in [5.41, 5.74) is 13.3. The van der Waals surface area contributed by atoms with Gasteiger partial charge in [-0.1, -0.05) is 166 Å². The van der Waals surface area contributed by atoms with Crippen molar-refractivity contribution in [1.82, 2.24) is 0 Å². The number of hydrogen-bond donors (Lipinski definition) is 0. The Morgan fingerprint density at radius 1 is 0.525 bits per heavy atom. The predicted molar refractivity (Wildman–Crippen MR) is 250 cm³/mol. The lowest BCUT2D eigenvalue weighted by atomic mass is 9.67. The van der Waals surface area contributed by atoms with E-state index in [0.29, 0.717) is 16.9 Å². The summed E-state index contributed by atoms with van der Waals surface area (Å²) in [7, 11) is 0. The molecule has 3 heteroatoms. The first kappa shape index (κ1) is 39.5. The van der Waals surface area contributed by atoms with Crippen LogP contribution in [0.3, 0.4) is 0 Å². The predicted octanol–water partition coefficient (Wildman–Crippen LogP) is 14.9. The minimum atomic E-state index is -0.665. The fourth-order valence-corrected chi connectivity index (χ4v) is 8.93. The van der Waals surface area contributed by atoms with Gasteiger partial charge in [0.1, 0.15) is 17.2 Å². The molecule has 0 saturated carbocycles. The van der Waals surface area contributed by atoms with Crippen molar-refractivity contribution in [3.8, 4) is 50.6 Å². The third-order valence-corrected chi connectivity index (χ3v) is 12.5. The van der Waals surface area contributed by atoms with Crippen LogP contribution in [0.4, 0.5) is 0 Å². The van der Waals surface area contributed by atoms with Crippen LogP contribution in [0.15, 0.2) is 194 Å². The van der Waals surface area contributed by atoms with Crippen molar-refractivity contribution in [3.05, 3.63) is 233 Å². The van der Waals surface area contributed by atoms with Gasteiger partial charge >= 0.3 is 0 Å². The van der Waals surface area contributed by atoms with E-state index in [1.807, 2.05) is 42.5 Å². The molecule has 0 aromatic heterocycles. The molecule has 0 saturated heterocycles. The lowest BCUT2D eigenvalue weighted by Gasteiger charge is -2.35. The molecule has 0 atom stereocenters. The molecule has 8 aromatic carbocycles. The second kappa shape index (κ2) is 16.2. The minimum Gasteiger partial charge on any atom is -0.490 e. The molecular weight excluding hydrogens is 745 g/mol. The van der Waals surface area contributed by atoms with Gasteiger partial charge in [0.25, 0.3) is 0 Å². The molecule has 0 aliphatic heterocycles. The van der Waals surface area contributed by atoms with Crippen LogP contribution in [0.1, 0.15) is 84.8 Å². The Balaban J connectivity index is 1.17. The van der Waals surface area contributed by atoms with E-state index in [0.717, 1.165) is 51.3 Å². The molecule has 300 valence electrons. The number of hydrogen-bond acceptors (Lipinski definition) is 3. The normalized spacial score (nSPS) is 12.8. The molecule has 9 rings (SSSR count). The summed E-state index contributed by atoms with van der Waals surface area (Å²) in [6.07, 6.45) is 1.04. The zero-order valence-electron chi connectivity index (χ0n) is 35.5. The van der Waals surface area contributed by atoms with Crippen LogP contribution in [-0.4, -0.2) is 11.9 Å². The summed E-state index contributed by atoms with van der Waals surface area (Å²) in [5.74, 6) is 2.22. The number of fused-ring (bicyclic) bond motifs is 3. The molecule has 0 bridgehead atoms. The highest BCUT2D eigenvalue weighted by atomic mass is 16.5. The summed E-state index contributed by atoms with van der Waals surface area (Å²) in [5, 5.41) is 0. The van der Waals surface area contributed by atoms with E-state index >= 15 is 0 Å². The van der Waals surface area contributed by atoms with Gasteiger partial charge in [-0.15, -0.1) is 0 Å². The maximum absolute atomic E-state index is 13.6. The molecule has 0 radical (unpaired) electrons. The molecule has 0 N–H and O–H groups in total. The molecule has 3 nitrogen and oxygen atoms in total. The van der Waals surface area contributed by atoms with Gasteiger partial charge in [-0.3, -0.25) is 4.79 Å². The SMILES string of the molecule is CCC(C)(C)c1ccc(C(=O)c2ccc(Oc3ccc(C4(c5ccc(OC(C)C)c(-c6ccccc6)c5)c5ccccc5-c5ccccc54)cc3-c3ccccc3)cc2)cc1. The van der Waals surface area contributed by atoms with Gasteiger partial charge in [0.05, 0.1) is 11.5 Å². The monoisotopic (exact) mass is 794 g/mol. The maximum Gasteiger partial charge on any atom is 0.193 e. The quantitative estimate of drug-likeness (QED) is 0.116. The summed E-state index contributed by atoms with van der Waals surface area (Å²) in [6, 6.07) is 67.5. The van der Waals surface area contributed by atoms with Crippen molar-refractivity contribution in [2.24, 2.45) is 0 Å². The Bertz CT molecular complexity index is 2790. The largest absolute Gasteiger partial charge is 0.490 e. The van der Waals surface area contributed by atoms with E-state index in [1.165, 1.54) is 27.8 Å². The Morgan fingerprint density at radius 3 is 1.49 bits per heavy atom. The van der Waals surface area contributed by atoms with Gasteiger partial charge in [-0.05, 0) is 124 Å².